The van der Waals surface area contributed by atoms with Gasteiger partial charge in [-0.05, 0) is 36.4 Å². The Morgan fingerprint density at radius 3 is 2.85 bits per heavy atom. The van der Waals surface area contributed by atoms with Crippen molar-refractivity contribution in [1.29, 1.82) is 0 Å². The SMILES string of the molecule is O=C(O)c1ccc2nc(Nc3cccc(F)c3)[nH]c2c1. The van der Waals surface area contributed by atoms with Crippen molar-refractivity contribution >= 4 is 28.6 Å². The molecule has 0 aliphatic carbocycles. The lowest BCUT2D eigenvalue weighted by molar-refractivity contribution is 0.0697. The lowest BCUT2D eigenvalue weighted by Crippen LogP contribution is -1.94. The minimum atomic E-state index is -0.999. The molecule has 3 rings (SSSR count). The summed E-state index contributed by atoms with van der Waals surface area (Å²) in [5.74, 6) is -0.923. The Bertz CT molecular complexity index is 798. The predicted octanol–water partition coefficient (Wildman–Crippen LogP) is 3.14. The number of aromatic nitrogens is 2. The van der Waals surface area contributed by atoms with Crippen LogP contribution in [0, 0.1) is 5.82 Å². The monoisotopic (exact) mass is 271 g/mol. The van der Waals surface area contributed by atoms with Gasteiger partial charge in [0.05, 0.1) is 16.6 Å². The lowest BCUT2D eigenvalue weighted by Gasteiger charge is -2.01. The van der Waals surface area contributed by atoms with Crippen LogP contribution in [0.25, 0.3) is 11.0 Å². The molecule has 0 amide bonds. The van der Waals surface area contributed by atoms with Crippen LogP contribution in [0.15, 0.2) is 42.5 Å². The molecule has 20 heavy (non-hydrogen) atoms. The Balaban J connectivity index is 1.95. The van der Waals surface area contributed by atoms with Crippen molar-refractivity contribution < 1.29 is 14.3 Å². The molecule has 0 saturated heterocycles. The second-order valence-electron chi connectivity index (χ2n) is 4.26. The number of aromatic carboxylic acids is 1. The molecule has 0 fully saturated rings. The molecular formula is C14H10FN3O2. The second kappa shape index (κ2) is 4.65. The third kappa shape index (κ3) is 2.31. The first-order valence-electron chi connectivity index (χ1n) is 5.87. The van der Waals surface area contributed by atoms with Gasteiger partial charge in [0.15, 0.2) is 0 Å². The molecule has 3 aromatic rings. The molecule has 0 saturated carbocycles. The number of nitrogens with zero attached hydrogens (tertiary/aromatic N) is 1. The van der Waals surface area contributed by atoms with Gasteiger partial charge in [-0.25, -0.2) is 14.2 Å². The van der Waals surface area contributed by atoms with E-state index in [1.165, 1.54) is 24.3 Å². The number of fused-ring (bicyclic) bond motifs is 1. The topological polar surface area (TPSA) is 78.0 Å². The number of carbonyl (C=O) groups is 1. The highest BCUT2D eigenvalue weighted by molar-refractivity contribution is 5.92. The molecule has 6 heteroatoms. The van der Waals surface area contributed by atoms with Gasteiger partial charge in [0.1, 0.15) is 5.82 Å². The first-order valence-corrected chi connectivity index (χ1v) is 5.87. The molecule has 1 heterocycles. The maximum absolute atomic E-state index is 13.1. The average molecular weight is 271 g/mol. The first-order chi connectivity index (χ1) is 9.61. The van der Waals surface area contributed by atoms with Crippen LogP contribution in [0.3, 0.4) is 0 Å². The number of H-pyrrole nitrogens is 1. The van der Waals surface area contributed by atoms with Gasteiger partial charge in [-0.3, -0.25) is 0 Å². The molecular weight excluding hydrogens is 261 g/mol. The molecule has 5 nitrogen and oxygen atoms in total. The van der Waals surface area contributed by atoms with Crippen molar-refractivity contribution in [3.05, 3.63) is 53.8 Å². The summed E-state index contributed by atoms with van der Waals surface area (Å²) in [6.45, 7) is 0. The first kappa shape index (κ1) is 12.2. The Morgan fingerprint density at radius 1 is 1.25 bits per heavy atom. The number of hydrogen-bond acceptors (Lipinski definition) is 3. The van der Waals surface area contributed by atoms with Crippen molar-refractivity contribution in [2.75, 3.05) is 5.32 Å². The zero-order valence-corrected chi connectivity index (χ0v) is 10.2. The van der Waals surface area contributed by atoms with Crippen LogP contribution < -0.4 is 5.32 Å². The summed E-state index contributed by atoms with van der Waals surface area (Å²) in [5.41, 5.74) is 1.97. The van der Waals surface area contributed by atoms with Crippen LogP contribution in [0.4, 0.5) is 16.0 Å². The third-order valence-corrected chi connectivity index (χ3v) is 2.82. The third-order valence-electron chi connectivity index (χ3n) is 2.82. The Kier molecular flexibility index (Phi) is 2.83. The molecule has 0 aliphatic heterocycles. The fourth-order valence-electron chi connectivity index (χ4n) is 1.90. The summed E-state index contributed by atoms with van der Waals surface area (Å²) < 4.78 is 13.1. The molecule has 0 unspecified atom stereocenters. The van der Waals surface area contributed by atoms with E-state index in [4.69, 9.17) is 5.11 Å². The molecule has 0 aliphatic rings. The number of halogens is 1. The van der Waals surface area contributed by atoms with Crippen molar-refractivity contribution in [2.24, 2.45) is 0 Å². The number of rotatable bonds is 3. The molecule has 0 radical (unpaired) electrons. The van der Waals surface area contributed by atoms with E-state index in [1.807, 2.05) is 0 Å². The molecule has 2 aromatic carbocycles. The summed E-state index contributed by atoms with van der Waals surface area (Å²) in [6.07, 6.45) is 0. The number of hydrogen-bond donors (Lipinski definition) is 3. The maximum Gasteiger partial charge on any atom is 0.335 e. The summed E-state index contributed by atoms with van der Waals surface area (Å²) in [6, 6.07) is 10.6. The van der Waals surface area contributed by atoms with E-state index < -0.39 is 5.97 Å². The number of anilines is 2. The summed E-state index contributed by atoms with van der Waals surface area (Å²) in [4.78, 5) is 18.1. The van der Waals surface area contributed by atoms with Crippen molar-refractivity contribution in [2.45, 2.75) is 0 Å². The van der Waals surface area contributed by atoms with Gasteiger partial charge >= 0.3 is 5.97 Å². The maximum atomic E-state index is 13.1. The standard InChI is InChI=1S/C14H10FN3O2/c15-9-2-1-3-10(7-9)16-14-17-11-5-4-8(13(19)20)6-12(11)18-14/h1-7H,(H,19,20)(H2,16,17,18). The molecule has 0 spiro atoms. The summed E-state index contributed by atoms with van der Waals surface area (Å²) in [7, 11) is 0. The highest BCUT2D eigenvalue weighted by Gasteiger charge is 2.07. The van der Waals surface area contributed by atoms with Gasteiger partial charge in [-0.15, -0.1) is 0 Å². The van der Waals surface area contributed by atoms with Crippen molar-refractivity contribution in [3.8, 4) is 0 Å². The van der Waals surface area contributed by atoms with Crippen LogP contribution in [0.5, 0.6) is 0 Å². The quantitative estimate of drug-likeness (QED) is 0.683. The van der Waals surface area contributed by atoms with Crippen LogP contribution >= 0.6 is 0 Å². The number of aromatic amines is 1. The van der Waals surface area contributed by atoms with Gasteiger partial charge in [0.2, 0.25) is 5.95 Å². The number of benzene rings is 2. The fourth-order valence-corrected chi connectivity index (χ4v) is 1.90. The molecule has 3 N–H and O–H groups in total. The Morgan fingerprint density at radius 2 is 2.10 bits per heavy atom. The van der Waals surface area contributed by atoms with E-state index in [0.29, 0.717) is 22.7 Å². The van der Waals surface area contributed by atoms with E-state index in [-0.39, 0.29) is 11.4 Å². The van der Waals surface area contributed by atoms with E-state index in [2.05, 4.69) is 15.3 Å². The second-order valence-corrected chi connectivity index (χ2v) is 4.26. The largest absolute Gasteiger partial charge is 0.478 e. The van der Waals surface area contributed by atoms with E-state index in [1.54, 1.807) is 18.2 Å². The van der Waals surface area contributed by atoms with E-state index >= 15 is 0 Å². The Labute approximate surface area is 113 Å². The van der Waals surface area contributed by atoms with Crippen LogP contribution in [-0.4, -0.2) is 21.0 Å². The average Bonchev–Trinajstić information content (AvgIpc) is 2.79. The minimum absolute atomic E-state index is 0.179. The summed E-state index contributed by atoms with van der Waals surface area (Å²) in [5, 5.41) is 11.9. The zero-order chi connectivity index (χ0) is 14.1. The zero-order valence-electron chi connectivity index (χ0n) is 10.2. The predicted molar refractivity (Wildman–Crippen MR) is 72.7 cm³/mol. The molecule has 0 atom stereocenters. The smallest absolute Gasteiger partial charge is 0.335 e. The fraction of sp³-hybridized carbons (Fsp3) is 0. The normalized spacial score (nSPS) is 10.7. The molecule has 100 valence electrons. The van der Waals surface area contributed by atoms with Crippen LogP contribution in [0.2, 0.25) is 0 Å². The van der Waals surface area contributed by atoms with Crippen LogP contribution in [-0.2, 0) is 0 Å². The van der Waals surface area contributed by atoms with Crippen LogP contribution in [0.1, 0.15) is 10.4 Å². The Hall–Kier alpha value is -2.89. The van der Waals surface area contributed by atoms with Gasteiger partial charge in [-0.1, -0.05) is 6.07 Å². The van der Waals surface area contributed by atoms with E-state index in [0.717, 1.165) is 0 Å². The number of nitrogens with one attached hydrogen (secondary N) is 2. The highest BCUT2D eigenvalue weighted by Crippen LogP contribution is 2.19. The number of carboxylic acid groups (broad SMARTS) is 1. The van der Waals surface area contributed by atoms with Crippen molar-refractivity contribution in [1.82, 2.24) is 9.97 Å². The number of imidazole rings is 1. The van der Waals surface area contributed by atoms with E-state index in [9.17, 15) is 9.18 Å². The van der Waals surface area contributed by atoms with Gasteiger partial charge < -0.3 is 15.4 Å². The minimum Gasteiger partial charge on any atom is -0.478 e. The highest BCUT2D eigenvalue weighted by atomic mass is 19.1. The number of carboxylic acids is 1. The lowest BCUT2D eigenvalue weighted by atomic mass is 10.2. The summed E-state index contributed by atoms with van der Waals surface area (Å²) >= 11 is 0. The molecule has 0 bridgehead atoms. The molecule has 1 aromatic heterocycles. The van der Waals surface area contributed by atoms with Gasteiger partial charge in [-0.2, -0.15) is 0 Å². The van der Waals surface area contributed by atoms with Gasteiger partial charge in [0.25, 0.3) is 0 Å². The van der Waals surface area contributed by atoms with Crippen molar-refractivity contribution in [3.63, 3.8) is 0 Å². The van der Waals surface area contributed by atoms with Gasteiger partial charge in [0, 0.05) is 5.69 Å².